The number of nitrogens with zero attached hydrogens (tertiary/aromatic N) is 3. The van der Waals surface area contributed by atoms with E-state index in [4.69, 9.17) is 10.5 Å². The van der Waals surface area contributed by atoms with E-state index in [2.05, 4.69) is 40.6 Å². The Kier molecular flexibility index (Phi) is 4.53. The molecule has 1 aliphatic rings. The summed E-state index contributed by atoms with van der Waals surface area (Å²) in [6.45, 7) is 7.74. The Balaban J connectivity index is 1.51. The zero-order valence-electron chi connectivity index (χ0n) is 15.3. The van der Waals surface area contributed by atoms with Crippen molar-refractivity contribution in [3.05, 3.63) is 64.7 Å². The number of ether oxygens (including phenoxy) is 1. The molecule has 0 radical (unpaired) electrons. The van der Waals surface area contributed by atoms with E-state index < -0.39 is 0 Å². The third-order valence-corrected chi connectivity index (χ3v) is 5.38. The fourth-order valence-electron chi connectivity index (χ4n) is 3.89. The highest BCUT2D eigenvalue weighted by Gasteiger charge is 2.37. The van der Waals surface area contributed by atoms with E-state index in [9.17, 15) is 4.79 Å². The van der Waals surface area contributed by atoms with E-state index in [-0.39, 0.29) is 23.5 Å². The summed E-state index contributed by atoms with van der Waals surface area (Å²) in [6, 6.07) is 10.2. The number of hydrogen-bond donors (Lipinski definition) is 2. The van der Waals surface area contributed by atoms with Crippen LogP contribution in [-0.2, 0) is 11.3 Å². The minimum Gasteiger partial charge on any atom is -0.376 e. The molecule has 1 saturated carbocycles. The molecule has 3 aromatic rings. The molecule has 4 rings (SSSR count). The van der Waals surface area contributed by atoms with Crippen LogP contribution >= 0.6 is 0 Å². The van der Waals surface area contributed by atoms with Gasteiger partial charge in [0.05, 0.1) is 25.6 Å². The van der Waals surface area contributed by atoms with Crippen molar-refractivity contribution in [2.24, 2.45) is 11.8 Å². The molecule has 0 spiro atoms. The van der Waals surface area contributed by atoms with Crippen molar-refractivity contribution in [1.82, 2.24) is 19.5 Å². The molecule has 140 valence electrons. The lowest BCUT2D eigenvalue weighted by molar-refractivity contribution is 0.0872. The second kappa shape index (κ2) is 7.00. The van der Waals surface area contributed by atoms with E-state index in [1.807, 2.05) is 22.8 Å². The lowest BCUT2D eigenvalue weighted by Gasteiger charge is -2.18. The van der Waals surface area contributed by atoms with Gasteiger partial charge >= 0.3 is 0 Å². The van der Waals surface area contributed by atoms with Gasteiger partial charge in [-0.1, -0.05) is 43.8 Å². The van der Waals surface area contributed by atoms with Crippen LogP contribution in [-0.4, -0.2) is 26.1 Å². The molecule has 27 heavy (non-hydrogen) atoms. The minimum atomic E-state index is -0.323. The van der Waals surface area contributed by atoms with Crippen molar-refractivity contribution in [3.8, 4) is 0 Å². The third kappa shape index (κ3) is 3.26. The molecular weight excluding hydrogens is 342 g/mol. The molecule has 3 unspecified atom stereocenters. The van der Waals surface area contributed by atoms with Crippen LogP contribution in [0.15, 0.2) is 53.6 Å². The van der Waals surface area contributed by atoms with Gasteiger partial charge in [0.25, 0.3) is 5.56 Å². The molecule has 0 bridgehead atoms. The molecule has 0 aliphatic heterocycles. The molecule has 7 heteroatoms. The van der Waals surface area contributed by atoms with E-state index in [0.29, 0.717) is 30.3 Å². The Morgan fingerprint density at radius 3 is 2.93 bits per heavy atom. The molecule has 2 aromatic heterocycles. The van der Waals surface area contributed by atoms with Crippen molar-refractivity contribution in [2.75, 3.05) is 12.3 Å². The molecule has 7 nitrogen and oxygen atoms in total. The van der Waals surface area contributed by atoms with E-state index in [1.54, 1.807) is 6.33 Å². The van der Waals surface area contributed by atoms with E-state index in [1.165, 1.54) is 0 Å². The van der Waals surface area contributed by atoms with Crippen molar-refractivity contribution < 1.29 is 4.74 Å². The van der Waals surface area contributed by atoms with Crippen molar-refractivity contribution in [3.63, 3.8) is 0 Å². The number of imidazole rings is 1. The zero-order valence-corrected chi connectivity index (χ0v) is 15.3. The second-order valence-corrected chi connectivity index (χ2v) is 7.19. The highest BCUT2D eigenvalue weighted by molar-refractivity contribution is 5.70. The number of hydrogen-bond acceptors (Lipinski definition) is 5. The first-order valence-electron chi connectivity index (χ1n) is 9.07. The molecular formula is C20H23N5O2. The standard InChI is InChI=1S/C20H23N5O2/c1-12-8-16(25-11-22-17-18(25)23-20(21)24-19(17)26)13(2)15(12)10-27-9-14-6-4-3-5-7-14/h3-7,11-12,15-16H,2,8-10H2,1H3,(H3,21,23,24,26). The van der Waals surface area contributed by atoms with Gasteiger partial charge in [0, 0.05) is 5.92 Å². The smallest absolute Gasteiger partial charge is 0.280 e. The Labute approximate surface area is 156 Å². The van der Waals surface area contributed by atoms with Crippen LogP contribution in [0.5, 0.6) is 0 Å². The lowest BCUT2D eigenvalue weighted by Crippen LogP contribution is -2.15. The predicted molar refractivity (Wildman–Crippen MR) is 104 cm³/mol. The number of H-pyrrole nitrogens is 1. The minimum absolute atomic E-state index is 0.0315. The summed E-state index contributed by atoms with van der Waals surface area (Å²) in [5.74, 6) is 0.749. The molecule has 1 aliphatic carbocycles. The van der Waals surface area contributed by atoms with Gasteiger partial charge in [0.15, 0.2) is 11.2 Å². The Bertz CT molecular complexity index is 1020. The zero-order chi connectivity index (χ0) is 19.0. The summed E-state index contributed by atoms with van der Waals surface area (Å²) in [4.78, 5) is 23.0. The van der Waals surface area contributed by atoms with Gasteiger partial charge in [-0.15, -0.1) is 0 Å². The molecule has 1 fully saturated rings. The number of nitrogens with two attached hydrogens (primary N) is 1. The normalized spacial score (nSPS) is 22.6. The fourth-order valence-corrected chi connectivity index (χ4v) is 3.89. The SMILES string of the molecule is C=C1C(COCc2ccccc2)C(C)CC1n1cnc2c(=O)[nH]c(N)nc21. The largest absolute Gasteiger partial charge is 0.376 e. The monoisotopic (exact) mass is 365 g/mol. The average molecular weight is 365 g/mol. The molecule has 0 saturated heterocycles. The Hall–Kier alpha value is -2.93. The summed E-state index contributed by atoms with van der Waals surface area (Å²) in [7, 11) is 0. The second-order valence-electron chi connectivity index (χ2n) is 7.19. The number of aromatic nitrogens is 4. The molecule has 1 aromatic carbocycles. The number of fused-ring (bicyclic) bond motifs is 1. The summed E-state index contributed by atoms with van der Waals surface area (Å²) in [6.07, 6.45) is 2.56. The maximum Gasteiger partial charge on any atom is 0.280 e. The van der Waals surface area contributed by atoms with Crippen LogP contribution in [0.25, 0.3) is 11.2 Å². The summed E-state index contributed by atoms with van der Waals surface area (Å²) < 4.78 is 7.87. The first-order chi connectivity index (χ1) is 13.0. The number of rotatable bonds is 5. The Morgan fingerprint density at radius 1 is 1.37 bits per heavy atom. The van der Waals surface area contributed by atoms with E-state index >= 15 is 0 Å². The van der Waals surface area contributed by atoms with Crippen LogP contribution < -0.4 is 11.3 Å². The number of nitrogen functional groups attached to an aromatic ring is 1. The van der Waals surface area contributed by atoms with Crippen molar-refractivity contribution in [1.29, 1.82) is 0 Å². The topological polar surface area (TPSA) is 98.8 Å². The fraction of sp³-hybridized carbons (Fsp3) is 0.350. The summed E-state index contributed by atoms with van der Waals surface area (Å²) in [5.41, 5.74) is 8.42. The number of aromatic amines is 1. The highest BCUT2D eigenvalue weighted by atomic mass is 16.5. The molecule has 0 amide bonds. The molecule has 3 atom stereocenters. The predicted octanol–water partition coefficient (Wildman–Crippen LogP) is 2.67. The van der Waals surface area contributed by atoms with Crippen LogP contribution in [0.4, 0.5) is 5.95 Å². The highest BCUT2D eigenvalue weighted by Crippen LogP contribution is 2.43. The maximum atomic E-state index is 12.0. The van der Waals surface area contributed by atoms with E-state index in [0.717, 1.165) is 17.6 Å². The average Bonchev–Trinajstić information content (AvgIpc) is 3.18. The summed E-state index contributed by atoms with van der Waals surface area (Å²) in [5, 5.41) is 0. The van der Waals surface area contributed by atoms with Crippen LogP contribution in [0.2, 0.25) is 0 Å². The van der Waals surface area contributed by atoms with Gasteiger partial charge in [-0.2, -0.15) is 4.98 Å². The van der Waals surface area contributed by atoms with Crippen molar-refractivity contribution >= 4 is 17.1 Å². The number of anilines is 1. The van der Waals surface area contributed by atoms with Gasteiger partial charge in [-0.05, 0) is 23.5 Å². The number of benzene rings is 1. The maximum absolute atomic E-state index is 12.0. The Morgan fingerprint density at radius 2 is 2.15 bits per heavy atom. The molecule has 2 heterocycles. The number of nitrogens with one attached hydrogen (secondary N) is 1. The van der Waals surface area contributed by atoms with Crippen LogP contribution in [0.1, 0.15) is 24.9 Å². The van der Waals surface area contributed by atoms with Gasteiger partial charge in [-0.25, -0.2) is 4.98 Å². The van der Waals surface area contributed by atoms with Crippen LogP contribution in [0.3, 0.4) is 0 Å². The van der Waals surface area contributed by atoms with Crippen molar-refractivity contribution in [2.45, 2.75) is 26.0 Å². The van der Waals surface area contributed by atoms with Crippen LogP contribution in [0, 0.1) is 11.8 Å². The van der Waals surface area contributed by atoms with Gasteiger partial charge in [-0.3, -0.25) is 9.78 Å². The summed E-state index contributed by atoms with van der Waals surface area (Å²) >= 11 is 0. The van der Waals surface area contributed by atoms with Gasteiger partial charge in [0.2, 0.25) is 5.95 Å². The van der Waals surface area contributed by atoms with Gasteiger partial charge in [0.1, 0.15) is 0 Å². The quantitative estimate of drug-likeness (QED) is 0.677. The third-order valence-electron chi connectivity index (χ3n) is 5.38. The van der Waals surface area contributed by atoms with Gasteiger partial charge < -0.3 is 15.0 Å². The molecule has 3 N–H and O–H groups in total. The lowest BCUT2D eigenvalue weighted by atomic mass is 9.96. The first-order valence-corrected chi connectivity index (χ1v) is 9.07. The first kappa shape index (κ1) is 17.5.